The molecule has 6 nitrogen and oxygen atoms in total. The first-order valence-electron chi connectivity index (χ1n) is 9.24. The summed E-state index contributed by atoms with van der Waals surface area (Å²) in [5.74, 6) is 1.10. The van der Waals surface area contributed by atoms with Crippen molar-refractivity contribution in [2.45, 2.75) is 25.2 Å². The van der Waals surface area contributed by atoms with E-state index in [2.05, 4.69) is 10.1 Å². The highest BCUT2D eigenvalue weighted by Crippen LogP contribution is 2.34. The average molecular weight is 416 g/mol. The maximum Gasteiger partial charge on any atom is 0.227 e. The topological polar surface area (TPSA) is 68.5 Å². The molecule has 0 spiro atoms. The Balaban J connectivity index is 1.40. The van der Waals surface area contributed by atoms with Gasteiger partial charge in [0.2, 0.25) is 11.8 Å². The van der Waals surface area contributed by atoms with Gasteiger partial charge >= 0.3 is 0 Å². The van der Waals surface area contributed by atoms with Gasteiger partial charge in [-0.2, -0.15) is 4.98 Å². The molecule has 8 heteroatoms. The molecule has 4 rings (SSSR count). The minimum atomic E-state index is -0.443. The summed E-state index contributed by atoms with van der Waals surface area (Å²) in [6.45, 7) is 0.377. The molecule has 0 radical (unpaired) electrons. The Morgan fingerprint density at radius 2 is 2.03 bits per heavy atom. The molecule has 0 saturated carbocycles. The summed E-state index contributed by atoms with van der Waals surface area (Å²) in [7, 11) is 1.63. The molecule has 2 heterocycles. The van der Waals surface area contributed by atoms with Crippen LogP contribution in [-0.4, -0.2) is 29.7 Å². The molecule has 1 atom stereocenters. The number of halogens is 2. The Morgan fingerprint density at radius 3 is 2.76 bits per heavy atom. The van der Waals surface area contributed by atoms with Gasteiger partial charge in [-0.25, -0.2) is 4.39 Å². The van der Waals surface area contributed by atoms with E-state index in [-0.39, 0.29) is 23.3 Å². The number of aromatic nitrogens is 2. The molecular formula is C21H19ClFN3O3. The van der Waals surface area contributed by atoms with E-state index in [1.165, 1.54) is 18.2 Å². The van der Waals surface area contributed by atoms with Crippen molar-refractivity contribution >= 4 is 23.2 Å². The lowest BCUT2D eigenvalue weighted by Crippen LogP contribution is -2.24. The van der Waals surface area contributed by atoms with Crippen molar-refractivity contribution in [3.05, 3.63) is 70.6 Å². The average Bonchev–Trinajstić information content (AvgIpc) is 3.34. The van der Waals surface area contributed by atoms with Crippen molar-refractivity contribution < 1.29 is 18.4 Å². The molecule has 29 heavy (non-hydrogen) atoms. The summed E-state index contributed by atoms with van der Waals surface area (Å²) < 4.78 is 23.8. The molecule has 0 bridgehead atoms. The summed E-state index contributed by atoms with van der Waals surface area (Å²) in [5.41, 5.74) is 1.63. The van der Waals surface area contributed by atoms with E-state index in [1.54, 1.807) is 12.0 Å². The molecule has 1 fully saturated rings. The van der Waals surface area contributed by atoms with E-state index in [4.69, 9.17) is 20.9 Å². The van der Waals surface area contributed by atoms with E-state index in [0.717, 1.165) is 17.7 Å². The molecule has 3 aromatic rings. The maximum atomic E-state index is 13.3. The molecule has 1 aliphatic rings. The van der Waals surface area contributed by atoms with Gasteiger partial charge in [-0.05, 0) is 42.3 Å². The fourth-order valence-corrected chi connectivity index (χ4v) is 3.66. The molecule has 0 N–H and O–H groups in total. The first-order chi connectivity index (χ1) is 14.0. The predicted molar refractivity (Wildman–Crippen MR) is 106 cm³/mol. The SMILES string of the molecule is COc1ccc(CCc2nc(C3CC(=O)N(c4ccc(F)cc4Cl)C3)no2)cc1. The third kappa shape index (κ3) is 4.24. The zero-order valence-electron chi connectivity index (χ0n) is 15.8. The van der Waals surface area contributed by atoms with E-state index in [0.29, 0.717) is 30.4 Å². The highest BCUT2D eigenvalue weighted by atomic mass is 35.5. The van der Waals surface area contributed by atoms with Gasteiger partial charge < -0.3 is 14.2 Å². The quantitative estimate of drug-likeness (QED) is 0.604. The van der Waals surface area contributed by atoms with Crippen LogP contribution in [0.4, 0.5) is 10.1 Å². The molecule has 2 aromatic carbocycles. The second kappa shape index (κ2) is 8.21. The molecule has 1 aromatic heterocycles. The van der Waals surface area contributed by atoms with Crippen molar-refractivity contribution in [3.63, 3.8) is 0 Å². The number of rotatable bonds is 6. The van der Waals surface area contributed by atoms with Crippen LogP contribution in [0.3, 0.4) is 0 Å². The summed E-state index contributed by atoms with van der Waals surface area (Å²) in [6, 6.07) is 11.8. The number of amides is 1. The Labute approximate surface area is 172 Å². The highest BCUT2D eigenvalue weighted by molar-refractivity contribution is 6.33. The van der Waals surface area contributed by atoms with Gasteiger partial charge in [0, 0.05) is 25.3 Å². The van der Waals surface area contributed by atoms with Crippen molar-refractivity contribution in [2.75, 3.05) is 18.6 Å². The molecular weight excluding hydrogens is 397 g/mol. The lowest BCUT2D eigenvalue weighted by Gasteiger charge is -2.17. The Bertz CT molecular complexity index is 1020. The number of nitrogens with zero attached hydrogens (tertiary/aromatic N) is 3. The molecule has 1 aliphatic heterocycles. The van der Waals surface area contributed by atoms with E-state index >= 15 is 0 Å². The van der Waals surface area contributed by atoms with Crippen molar-refractivity contribution in [2.24, 2.45) is 0 Å². The first kappa shape index (κ1) is 19.4. The lowest BCUT2D eigenvalue weighted by molar-refractivity contribution is -0.117. The second-order valence-electron chi connectivity index (χ2n) is 6.90. The molecule has 1 amide bonds. The molecule has 1 saturated heterocycles. The van der Waals surface area contributed by atoms with Crippen LogP contribution in [0.25, 0.3) is 0 Å². The number of anilines is 1. The van der Waals surface area contributed by atoms with Crippen LogP contribution in [0, 0.1) is 5.82 Å². The fourth-order valence-electron chi connectivity index (χ4n) is 3.39. The third-order valence-electron chi connectivity index (χ3n) is 4.96. The minimum absolute atomic E-state index is 0.104. The zero-order valence-corrected chi connectivity index (χ0v) is 16.5. The van der Waals surface area contributed by atoms with Gasteiger partial charge in [0.15, 0.2) is 5.82 Å². The number of carbonyl (C=O) groups excluding carboxylic acids is 1. The second-order valence-corrected chi connectivity index (χ2v) is 7.30. The third-order valence-corrected chi connectivity index (χ3v) is 5.26. The minimum Gasteiger partial charge on any atom is -0.497 e. The molecule has 150 valence electrons. The summed E-state index contributed by atoms with van der Waals surface area (Å²) in [4.78, 5) is 18.4. The van der Waals surface area contributed by atoms with Crippen LogP contribution in [0.1, 0.15) is 29.6 Å². The van der Waals surface area contributed by atoms with Crippen LogP contribution in [-0.2, 0) is 17.6 Å². The van der Waals surface area contributed by atoms with E-state index in [9.17, 15) is 9.18 Å². The number of ether oxygens (including phenoxy) is 1. The first-order valence-corrected chi connectivity index (χ1v) is 9.62. The molecule has 1 unspecified atom stereocenters. The Kier molecular flexibility index (Phi) is 5.49. The number of benzene rings is 2. The normalized spacial score (nSPS) is 16.4. The Morgan fingerprint density at radius 1 is 1.24 bits per heavy atom. The van der Waals surface area contributed by atoms with Crippen molar-refractivity contribution in [3.8, 4) is 5.75 Å². The van der Waals surface area contributed by atoms with Gasteiger partial charge in [0.1, 0.15) is 11.6 Å². The van der Waals surface area contributed by atoms with Crippen LogP contribution in [0.5, 0.6) is 5.75 Å². The van der Waals surface area contributed by atoms with E-state index in [1.807, 2.05) is 24.3 Å². The van der Waals surface area contributed by atoms with Crippen LogP contribution in [0.2, 0.25) is 5.02 Å². The van der Waals surface area contributed by atoms with Gasteiger partial charge in [0.25, 0.3) is 0 Å². The highest BCUT2D eigenvalue weighted by Gasteiger charge is 2.35. The number of carbonyl (C=O) groups is 1. The van der Waals surface area contributed by atoms with E-state index < -0.39 is 5.82 Å². The molecule has 0 aliphatic carbocycles. The van der Waals surface area contributed by atoms with Gasteiger partial charge in [-0.3, -0.25) is 4.79 Å². The van der Waals surface area contributed by atoms with Gasteiger partial charge in [-0.1, -0.05) is 28.9 Å². The zero-order chi connectivity index (χ0) is 20.4. The van der Waals surface area contributed by atoms with Gasteiger partial charge in [0.05, 0.1) is 17.8 Å². The fraction of sp³-hybridized carbons (Fsp3) is 0.286. The largest absolute Gasteiger partial charge is 0.497 e. The summed E-state index contributed by atoms with van der Waals surface area (Å²) in [6.07, 6.45) is 1.62. The number of aryl methyl sites for hydroxylation is 2. The van der Waals surface area contributed by atoms with Crippen LogP contribution in [0.15, 0.2) is 47.0 Å². The summed E-state index contributed by atoms with van der Waals surface area (Å²) >= 11 is 6.10. The smallest absolute Gasteiger partial charge is 0.227 e. The van der Waals surface area contributed by atoms with Crippen molar-refractivity contribution in [1.82, 2.24) is 10.1 Å². The maximum absolute atomic E-state index is 13.3. The summed E-state index contributed by atoms with van der Waals surface area (Å²) in [5, 5.41) is 4.26. The van der Waals surface area contributed by atoms with Crippen molar-refractivity contribution in [1.29, 1.82) is 0 Å². The number of hydrogen-bond acceptors (Lipinski definition) is 5. The number of methoxy groups -OCH3 is 1. The predicted octanol–water partition coefficient (Wildman–Crippen LogP) is 4.18. The van der Waals surface area contributed by atoms with Crippen LogP contribution >= 0.6 is 11.6 Å². The van der Waals surface area contributed by atoms with Gasteiger partial charge in [-0.15, -0.1) is 0 Å². The Hall–Kier alpha value is -2.93. The number of hydrogen-bond donors (Lipinski definition) is 0. The lowest BCUT2D eigenvalue weighted by atomic mass is 10.1. The van der Waals surface area contributed by atoms with Crippen LogP contribution < -0.4 is 9.64 Å². The monoisotopic (exact) mass is 415 g/mol. The standard InChI is InChI=1S/C21H19ClFN3O3/c1-28-16-6-2-13(3-7-16)4-9-19-24-21(25-29-19)14-10-20(27)26(12-14)18-8-5-15(23)11-17(18)22/h2-3,5-8,11,14H,4,9-10,12H2,1H3.